The van der Waals surface area contributed by atoms with Crippen LogP contribution >= 0.6 is 0 Å². The van der Waals surface area contributed by atoms with E-state index >= 15 is 0 Å². The number of aryl methyl sites for hydroxylation is 2. The van der Waals surface area contributed by atoms with Gasteiger partial charge >= 0.3 is 0 Å². The van der Waals surface area contributed by atoms with E-state index in [-0.39, 0.29) is 11.6 Å². The van der Waals surface area contributed by atoms with E-state index in [1.807, 2.05) is 6.92 Å². The number of carbonyl (C=O) groups excluding carboxylic acids is 1. The molecular formula is C16H15N5O4. The molecule has 0 aliphatic heterocycles. The fourth-order valence-electron chi connectivity index (χ4n) is 2.45. The highest BCUT2D eigenvalue weighted by Crippen LogP contribution is 2.24. The Labute approximate surface area is 142 Å². The Hall–Kier alpha value is -3.49. The summed E-state index contributed by atoms with van der Waals surface area (Å²) < 4.78 is 5.11. The van der Waals surface area contributed by atoms with Crippen molar-refractivity contribution in [3.8, 4) is 11.3 Å². The molecule has 2 N–H and O–H groups in total. The number of hydrogen-bond acceptors (Lipinski definition) is 6. The van der Waals surface area contributed by atoms with Crippen LogP contribution in [0.4, 0.5) is 11.5 Å². The lowest BCUT2D eigenvalue weighted by Gasteiger charge is -2.01. The highest BCUT2D eigenvalue weighted by molar-refractivity contribution is 6.05. The monoisotopic (exact) mass is 341 g/mol. The molecule has 2 heterocycles. The molecule has 0 radical (unpaired) electrons. The third-order valence-corrected chi connectivity index (χ3v) is 3.67. The summed E-state index contributed by atoms with van der Waals surface area (Å²) in [4.78, 5) is 22.8. The Morgan fingerprint density at radius 2 is 2.20 bits per heavy atom. The maximum absolute atomic E-state index is 12.4. The number of rotatable bonds is 5. The van der Waals surface area contributed by atoms with Crippen molar-refractivity contribution in [2.24, 2.45) is 0 Å². The fraction of sp³-hybridized carbons (Fsp3) is 0.188. The van der Waals surface area contributed by atoms with Crippen molar-refractivity contribution in [2.45, 2.75) is 20.3 Å². The molecule has 0 atom stereocenters. The second kappa shape index (κ2) is 6.56. The van der Waals surface area contributed by atoms with Gasteiger partial charge in [-0.1, -0.05) is 24.2 Å². The number of benzene rings is 1. The lowest BCUT2D eigenvalue weighted by Crippen LogP contribution is -2.14. The number of nitro groups is 1. The SMILES string of the molecule is CCc1onc(C)c1C(=O)Nc1cc(-c2cccc([N+](=O)[O-])c2)[nH]n1. The average Bonchev–Trinajstić information content (AvgIpc) is 3.21. The average molecular weight is 341 g/mol. The summed E-state index contributed by atoms with van der Waals surface area (Å²) in [6.45, 7) is 3.56. The summed E-state index contributed by atoms with van der Waals surface area (Å²) in [5, 5.41) is 24.1. The zero-order valence-electron chi connectivity index (χ0n) is 13.6. The van der Waals surface area contributed by atoms with E-state index < -0.39 is 4.92 Å². The van der Waals surface area contributed by atoms with Crippen LogP contribution < -0.4 is 5.32 Å². The number of nitro benzene ring substituents is 1. The molecule has 3 rings (SSSR count). The van der Waals surface area contributed by atoms with Crippen molar-refractivity contribution in [3.05, 3.63) is 57.5 Å². The van der Waals surface area contributed by atoms with E-state index in [0.717, 1.165) is 0 Å². The Balaban J connectivity index is 1.82. The van der Waals surface area contributed by atoms with Gasteiger partial charge in [0.1, 0.15) is 11.3 Å². The standard InChI is InChI=1S/C16H15N5O4/c1-3-13-15(9(2)20-25-13)16(22)17-14-8-12(18-19-14)10-5-4-6-11(7-10)21(23)24/h4-8H,3H2,1-2H3,(H2,17,18,19,22). The van der Waals surface area contributed by atoms with Gasteiger partial charge in [0.15, 0.2) is 5.82 Å². The number of nitrogens with one attached hydrogen (secondary N) is 2. The number of aromatic nitrogens is 3. The molecule has 1 aromatic carbocycles. The topological polar surface area (TPSA) is 127 Å². The highest BCUT2D eigenvalue weighted by Gasteiger charge is 2.20. The zero-order valence-corrected chi connectivity index (χ0v) is 13.6. The van der Waals surface area contributed by atoms with Crippen LogP contribution in [-0.4, -0.2) is 26.2 Å². The number of anilines is 1. The van der Waals surface area contributed by atoms with Gasteiger partial charge in [0.05, 0.1) is 16.3 Å². The second-order valence-electron chi connectivity index (χ2n) is 5.35. The number of nitrogens with zero attached hydrogens (tertiary/aromatic N) is 3. The zero-order chi connectivity index (χ0) is 18.0. The first-order valence-electron chi connectivity index (χ1n) is 7.56. The van der Waals surface area contributed by atoms with Gasteiger partial charge in [-0.15, -0.1) is 0 Å². The second-order valence-corrected chi connectivity index (χ2v) is 5.35. The van der Waals surface area contributed by atoms with E-state index in [1.54, 1.807) is 25.1 Å². The molecule has 25 heavy (non-hydrogen) atoms. The highest BCUT2D eigenvalue weighted by atomic mass is 16.6. The first kappa shape index (κ1) is 16.4. The van der Waals surface area contributed by atoms with Gasteiger partial charge in [-0.2, -0.15) is 5.10 Å². The van der Waals surface area contributed by atoms with Crippen LogP contribution in [0.1, 0.15) is 28.7 Å². The third-order valence-electron chi connectivity index (χ3n) is 3.67. The molecule has 1 amide bonds. The Morgan fingerprint density at radius 1 is 1.40 bits per heavy atom. The van der Waals surface area contributed by atoms with E-state index in [9.17, 15) is 14.9 Å². The van der Waals surface area contributed by atoms with Crippen LogP contribution in [0.5, 0.6) is 0 Å². The van der Waals surface area contributed by atoms with Crippen molar-refractivity contribution in [1.82, 2.24) is 15.4 Å². The Kier molecular flexibility index (Phi) is 4.29. The normalized spacial score (nSPS) is 10.6. The minimum absolute atomic E-state index is 0.0228. The maximum atomic E-state index is 12.4. The molecule has 9 nitrogen and oxygen atoms in total. The largest absolute Gasteiger partial charge is 0.360 e. The summed E-state index contributed by atoms with van der Waals surface area (Å²) in [7, 11) is 0. The predicted octanol–water partition coefficient (Wildman–Crippen LogP) is 3.10. The number of amides is 1. The molecule has 0 saturated heterocycles. The molecule has 0 fully saturated rings. The molecule has 2 aromatic heterocycles. The first-order chi connectivity index (χ1) is 12.0. The third kappa shape index (κ3) is 3.25. The Morgan fingerprint density at radius 3 is 2.92 bits per heavy atom. The predicted molar refractivity (Wildman–Crippen MR) is 89.2 cm³/mol. The van der Waals surface area contributed by atoms with Crippen LogP contribution in [0.3, 0.4) is 0 Å². The first-order valence-corrected chi connectivity index (χ1v) is 7.56. The minimum atomic E-state index is -0.469. The molecule has 0 aliphatic rings. The van der Waals surface area contributed by atoms with Crippen LogP contribution in [0.15, 0.2) is 34.9 Å². The van der Waals surface area contributed by atoms with Gasteiger partial charge in [0.2, 0.25) is 0 Å². The molecule has 128 valence electrons. The molecule has 0 bridgehead atoms. The van der Waals surface area contributed by atoms with Gasteiger partial charge in [-0.25, -0.2) is 0 Å². The molecular weight excluding hydrogens is 326 g/mol. The molecule has 0 saturated carbocycles. The summed E-state index contributed by atoms with van der Waals surface area (Å²) in [6.07, 6.45) is 0.545. The lowest BCUT2D eigenvalue weighted by atomic mass is 10.1. The van der Waals surface area contributed by atoms with Crippen molar-refractivity contribution in [3.63, 3.8) is 0 Å². The van der Waals surface area contributed by atoms with Gasteiger partial charge in [0, 0.05) is 30.2 Å². The molecule has 3 aromatic rings. The number of carbonyl (C=O) groups is 1. The van der Waals surface area contributed by atoms with Crippen molar-refractivity contribution < 1.29 is 14.2 Å². The van der Waals surface area contributed by atoms with Gasteiger partial charge < -0.3 is 9.84 Å². The fourth-order valence-corrected chi connectivity index (χ4v) is 2.45. The maximum Gasteiger partial charge on any atom is 0.270 e. The summed E-state index contributed by atoms with van der Waals surface area (Å²) in [5.41, 5.74) is 2.02. The van der Waals surface area contributed by atoms with E-state index in [0.29, 0.717) is 40.5 Å². The molecule has 0 spiro atoms. The summed E-state index contributed by atoms with van der Waals surface area (Å²) >= 11 is 0. The van der Waals surface area contributed by atoms with Crippen LogP contribution in [-0.2, 0) is 6.42 Å². The smallest absolute Gasteiger partial charge is 0.270 e. The van der Waals surface area contributed by atoms with Crippen molar-refractivity contribution in [2.75, 3.05) is 5.32 Å². The molecule has 0 unspecified atom stereocenters. The van der Waals surface area contributed by atoms with Crippen LogP contribution in [0.25, 0.3) is 11.3 Å². The van der Waals surface area contributed by atoms with Gasteiger partial charge in [0.25, 0.3) is 11.6 Å². The van der Waals surface area contributed by atoms with E-state index in [2.05, 4.69) is 20.7 Å². The Bertz CT molecular complexity index is 944. The molecule has 0 aliphatic carbocycles. The number of hydrogen-bond donors (Lipinski definition) is 2. The van der Waals surface area contributed by atoms with E-state index in [1.165, 1.54) is 12.1 Å². The van der Waals surface area contributed by atoms with Crippen LogP contribution in [0.2, 0.25) is 0 Å². The minimum Gasteiger partial charge on any atom is -0.360 e. The van der Waals surface area contributed by atoms with Crippen molar-refractivity contribution in [1.29, 1.82) is 0 Å². The number of non-ortho nitro benzene ring substituents is 1. The quantitative estimate of drug-likeness (QED) is 0.542. The van der Waals surface area contributed by atoms with Gasteiger partial charge in [-0.3, -0.25) is 20.0 Å². The molecule has 9 heteroatoms. The van der Waals surface area contributed by atoms with Crippen LogP contribution in [0, 0.1) is 17.0 Å². The summed E-state index contributed by atoms with van der Waals surface area (Å²) in [5.74, 6) is 0.436. The lowest BCUT2D eigenvalue weighted by molar-refractivity contribution is -0.384. The van der Waals surface area contributed by atoms with Crippen molar-refractivity contribution >= 4 is 17.4 Å². The number of H-pyrrole nitrogens is 1. The number of aromatic amines is 1. The van der Waals surface area contributed by atoms with Gasteiger partial charge in [-0.05, 0) is 6.92 Å². The summed E-state index contributed by atoms with van der Waals surface area (Å²) in [6, 6.07) is 7.74. The van der Waals surface area contributed by atoms with E-state index in [4.69, 9.17) is 4.52 Å².